The average Bonchev–Trinajstić information content (AvgIpc) is 2.74. The molecule has 0 spiro atoms. The summed E-state index contributed by atoms with van der Waals surface area (Å²) < 4.78 is 18.3. The summed E-state index contributed by atoms with van der Waals surface area (Å²) in [6.07, 6.45) is 3.82. The molecule has 3 N–H and O–H groups in total. The first kappa shape index (κ1) is 13.3. The molecule has 0 aromatic heterocycles. The van der Waals surface area contributed by atoms with Gasteiger partial charge >= 0.3 is 0 Å². The molecule has 1 aliphatic rings. The standard InChI is InChI=1S/C14H20FNO2/c15-12-3-5-13(6-4-12)18-9-7-11-2-1-8-14(11,16)10-17/h3-6,11,17H,1-2,7-10,16H2. The first-order valence-corrected chi connectivity index (χ1v) is 6.42. The SMILES string of the molecule is NC1(CO)CCCC1CCOc1ccc(F)cc1. The number of hydrogen-bond donors (Lipinski definition) is 2. The van der Waals surface area contributed by atoms with Crippen molar-refractivity contribution in [2.45, 2.75) is 31.2 Å². The molecule has 0 heterocycles. The number of hydrogen-bond acceptors (Lipinski definition) is 3. The predicted octanol–water partition coefficient (Wildman–Crippen LogP) is 2.08. The first-order valence-electron chi connectivity index (χ1n) is 6.42. The molecule has 18 heavy (non-hydrogen) atoms. The molecule has 2 rings (SSSR count). The third-order valence-electron chi connectivity index (χ3n) is 3.85. The Labute approximate surface area is 107 Å². The lowest BCUT2D eigenvalue weighted by molar-refractivity contribution is 0.143. The van der Waals surface area contributed by atoms with Gasteiger partial charge in [0.2, 0.25) is 0 Å². The Morgan fingerprint density at radius 1 is 1.39 bits per heavy atom. The fourth-order valence-corrected chi connectivity index (χ4v) is 2.66. The van der Waals surface area contributed by atoms with Crippen molar-refractivity contribution in [2.24, 2.45) is 11.7 Å². The van der Waals surface area contributed by atoms with E-state index in [2.05, 4.69) is 0 Å². The topological polar surface area (TPSA) is 55.5 Å². The van der Waals surface area contributed by atoms with Crippen LogP contribution >= 0.6 is 0 Å². The molecule has 3 nitrogen and oxygen atoms in total. The molecule has 0 saturated heterocycles. The van der Waals surface area contributed by atoms with Crippen molar-refractivity contribution in [3.05, 3.63) is 30.1 Å². The van der Waals surface area contributed by atoms with Gasteiger partial charge in [0, 0.05) is 5.54 Å². The second-order valence-electron chi connectivity index (χ2n) is 5.07. The second-order valence-corrected chi connectivity index (χ2v) is 5.07. The Hall–Kier alpha value is -1.13. The summed E-state index contributed by atoms with van der Waals surface area (Å²) in [6, 6.07) is 6.00. The van der Waals surface area contributed by atoms with E-state index in [1.807, 2.05) is 0 Å². The number of nitrogens with two attached hydrogens (primary N) is 1. The molecule has 1 fully saturated rings. The summed E-state index contributed by atoms with van der Waals surface area (Å²) in [7, 11) is 0. The number of aliphatic hydroxyl groups is 1. The molecule has 0 bridgehead atoms. The van der Waals surface area contributed by atoms with Crippen LogP contribution in [0.5, 0.6) is 5.75 Å². The normalized spacial score (nSPS) is 27.4. The Morgan fingerprint density at radius 3 is 2.78 bits per heavy atom. The van der Waals surface area contributed by atoms with Gasteiger partial charge in [0.25, 0.3) is 0 Å². The zero-order chi connectivity index (χ0) is 13.0. The molecular formula is C14H20FNO2. The van der Waals surface area contributed by atoms with E-state index < -0.39 is 5.54 Å². The molecule has 0 radical (unpaired) electrons. The van der Waals surface area contributed by atoms with E-state index in [-0.39, 0.29) is 12.4 Å². The maximum Gasteiger partial charge on any atom is 0.123 e. The highest BCUT2D eigenvalue weighted by Gasteiger charge is 2.38. The lowest BCUT2D eigenvalue weighted by atomic mass is 9.87. The molecule has 1 aromatic carbocycles. The number of rotatable bonds is 5. The molecule has 100 valence electrons. The first-order chi connectivity index (χ1) is 8.64. The van der Waals surface area contributed by atoms with Crippen LogP contribution in [0.2, 0.25) is 0 Å². The van der Waals surface area contributed by atoms with Crippen molar-refractivity contribution < 1.29 is 14.2 Å². The molecule has 2 atom stereocenters. The van der Waals surface area contributed by atoms with Crippen LogP contribution in [-0.4, -0.2) is 23.9 Å². The highest BCUT2D eigenvalue weighted by atomic mass is 19.1. The van der Waals surface area contributed by atoms with Gasteiger partial charge < -0.3 is 15.6 Å². The number of ether oxygens (including phenoxy) is 1. The van der Waals surface area contributed by atoms with Crippen molar-refractivity contribution >= 4 is 0 Å². The van der Waals surface area contributed by atoms with Crippen LogP contribution < -0.4 is 10.5 Å². The monoisotopic (exact) mass is 253 g/mol. The largest absolute Gasteiger partial charge is 0.494 e. The van der Waals surface area contributed by atoms with Crippen molar-refractivity contribution in [3.8, 4) is 5.75 Å². The Morgan fingerprint density at radius 2 is 2.11 bits per heavy atom. The summed E-state index contributed by atoms with van der Waals surface area (Å²) in [4.78, 5) is 0. The minimum absolute atomic E-state index is 0.0359. The highest BCUT2D eigenvalue weighted by molar-refractivity contribution is 5.22. The zero-order valence-corrected chi connectivity index (χ0v) is 10.4. The van der Waals surface area contributed by atoms with Gasteiger partial charge in [-0.05, 0) is 49.4 Å². The van der Waals surface area contributed by atoms with E-state index in [0.29, 0.717) is 18.3 Å². The molecule has 0 amide bonds. The summed E-state index contributed by atoms with van der Waals surface area (Å²) in [5.74, 6) is 0.711. The van der Waals surface area contributed by atoms with Crippen LogP contribution in [0.15, 0.2) is 24.3 Å². The van der Waals surface area contributed by atoms with Gasteiger partial charge in [-0.15, -0.1) is 0 Å². The fraction of sp³-hybridized carbons (Fsp3) is 0.571. The van der Waals surface area contributed by atoms with Crippen molar-refractivity contribution in [3.63, 3.8) is 0 Å². The minimum atomic E-state index is -0.438. The molecule has 4 heteroatoms. The van der Waals surface area contributed by atoms with Crippen LogP contribution in [0.3, 0.4) is 0 Å². The second kappa shape index (κ2) is 5.67. The van der Waals surface area contributed by atoms with E-state index in [1.165, 1.54) is 12.1 Å². The third-order valence-corrected chi connectivity index (χ3v) is 3.85. The van der Waals surface area contributed by atoms with Crippen LogP contribution in [-0.2, 0) is 0 Å². The summed E-state index contributed by atoms with van der Waals surface area (Å²) >= 11 is 0. The van der Waals surface area contributed by atoms with Crippen LogP contribution in [0.25, 0.3) is 0 Å². The van der Waals surface area contributed by atoms with Crippen LogP contribution in [0.4, 0.5) is 4.39 Å². The fourth-order valence-electron chi connectivity index (χ4n) is 2.66. The Kier molecular flexibility index (Phi) is 4.19. The molecule has 1 aromatic rings. The van der Waals surface area contributed by atoms with Crippen LogP contribution in [0.1, 0.15) is 25.7 Å². The lowest BCUT2D eigenvalue weighted by Gasteiger charge is -2.29. The van der Waals surface area contributed by atoms with E-state index in [9.17, 15) is 9.50 Å². The van der Waals surface area contributed by atoms with Gasteiger partial charge in [-0.25, -0.2) is 4.39 Å². The molecular weight excluding hydrogens is 233 g/mol. The third kappa shape index (κ3) is 3.00. The number of benzene rings is 1. The van der Waals surface area contributed by atoms with E-state index in [4.69, 9.17) is 10.5 Å². The van der Waals surface area contributed by atoms with Crippen molar-refractivity contribution in [1.82, 2.24) is 0 Å². The van der Waals surface area contributed by atoms with Crippen LogP contribution in [0, 0.1) is 11.7 Å². The number of aliphatic hydroxyl groups excluding tert-OH is 1. The summed E-state index contributed by atoms with van der Waals surface area (Å²) in [6.45, 7) is 0.587. The van der Waals surface area contributed by atoms with Gasteiger partial charge in [0.1, 0.15) is 11.6 Å². The zero-order valence-electron chi connectivity index (χ0n) is 10.4. The van der Waals surface area contributed by atoms with Gasteiger partial charge in [-0.1, -0.05) is 6.42 Å². The quantitative estimate of drug-likeness (QED) is 0.844. The van der Waals surface area contributed by atoms with E-state index in [1.54, 1.807) is 12.1 Å². The predicted molar refractivity (Wildman–Crippen MR) is 67.9 cm³/mol. The van der Waals surface area contributed by atoms with E-state index in [0.717, 1.165) is 25.7 Å². The summed E-state index contributed by atoms with van der Waals surface area (Å²) in [5.41, 5.74) is 5.71. The Bertz CT molecular complexity index is 382. The van der Waals surface area contributed by atoms with E-state index >= 15 is 0 Å². The van der Waals surface area contributed by atoms with Gasteiger partial charge in [0.15, 0.2) is 0 Å². The van der Waals surface area contributed by atoms with Gasteiger partial charge in [-0.3, -0.25) is 0 Å². The van der Waals surface area contributed by atoms with Crippen molar-refractivity contribution in [1.29, 1.82) is 0 Å². The summed E-state index contributed by atoms with van der Waals surface area (Å²) in [5, 5.41) is 9.34. The molecule has 0 aliphatic heterocycles. The van der Waals surface area contributed by atoms with Crippen molar-refractivity contribution in [2.75, 3.05) is 13.2 Å². The highest BCUT2D eigenvalue weighted by Crippen LogP contribution is 2.35. The maximum absolute atomic E-state index is 12.7. The molecule has 1 saturated carbocycles. The lowest BCUT2D eigenvalue weighted by Crippen LogP contribution is -2.47. The molecule has 2 unspecified atom stereocenters. The van der Waals surface area contributed by atoms with Gasteiger partial charge in [-0.2, -0.15) is 0 Å². The molecule has 1 aliphatic carbocycles. The maximum atomic E-state index is 12.7. The average molecular weight is 253 g/mol. The number of halogens is 1. The van der Waals surface area contributed by atoms with Gasteiger partial charge in [0.05, 0.1) is 13.2 Å². The Balaban J connectivity index is 1.80. The minimum Gasteiger partial charge on any atom is -0.494 e. The smallest absolute Gasteiger partial charge is 0.123 e.